The molecule has 3 rings (SSSR count). The molecular formula is C15H21NO. The van der Waals surface area contributed by atoms with Gasteiger partial charge in [-0.2, -0.15) is 0 Å². The van der Waals surface area contributed by atoms with Crippen molar-refractivity contribution in [2.24, 2.45) is 5.92 Å². The van der Waals surface area contributed by atoms with Crippen LogP contribution in [0.2, 0.25) is 0 Å². The quantitative estimate of drug-likeness (QED) is 0.862. The van der Waals surface area contributed by atoms with Crippen LogP contribution in [0.25, 0.3) is 0 Å². The molecule has 0 saturated carbocycles. The van der Waals surface area contributed by atoms with Gasteiger partial charge in [0.15, 0.2) is 0 Å². The lowest BCUT2D eigenvalue weighted by Gasteiger charge is -2.46. The van der Waals surface area contributed by atoms with Crippen LogP contribution in [-0.4, -0.2) is 26.3 Å². The van der Waals surface area contributed by atoms with E-state index in [9.17, 15) is 0 Å². The molecule has 0 bridgehead atoms. The van der Waals surface area contributed by atoms with Crippen LogP contribution in [0.15, 0.2) is 30.3 Å². The molecule has 17 heavy (non-hydrogen) atoms. The summed E-state index contributed by atoms with van der Waals surface area (Å²) in [7, 11) is 0. The van der Waals surface area contributed by atoms with Gasteiger partial charge in [-0.05, 0) is 30.7 Å². The zero-order valence-electron chi connectivity index (χ0n) is 10.3. The number of benzene rings is 1. The van der Waals surface area contributed by atoms with E-state index in [2.05, 4.69) is 35.6 Å². The molecule has 2 fully saturated rings. The summed E-state index contributed by atoms with van der Waals surface area (Å²) in [4.78, 5) is 0. The normalized spacial score (nSPS) is 24.2. The molecule has 0 unspecified atom stereocenters. The lowest BCUT2D eigenvalue weighted by atomic mass is 9.68. The third-order valence-electron chi connectivity index (χ3n) is 4.33. The van der Waals surface area contributed by atoms with E-state index >= 15 is 0 Å². The van der Waals surface area contributed by atoms with Crippen LogP contribution in [0.1, 0.15) is 24.8 Å². The summed E-state index contributed by atoms with van der Waals surface area (Å²) in [6.07, 6.45) is 3.82. The van der Waals surface area contributed by atoms with Crippen molar-refractivity contribution in [3.05, 3.63) is 35.9 Å². The molecule has 0 atom stereocenters. The first kappa shape index (κ1) is 11.2. The maximum absolute atomic E-state index is 5.46. The summed E-state index contributed by atoms with van der Waals surface area (Å²) in [5.74, 6) is 0.853. The molecule has 0 radical (unpaired) electrons. The molecule has 1 aromatic carbocycles. The van der Waals surface area contributed by atoms with Crippen LogP contribution in [0.3, 0.4) is 0 Å². The second kappa shape index (κ2) is 4.79. The van der Waals surface area contributed by atoms with Crippen LogP contribution in [0, 0.1) is 5.92 Å². The van der Waals surface area contributed by atoms with Gasteiger partial charge in [0.2, 0.25) is 0 Å². The first-order valence-corrected chi connectivity index (χ1v) is 6.73. The molecule has 0 amide bonds. The Balaban J connectivity index is 1.73. The molecule has 2 heterocycles. The molecular weight excluding hydrogens is 210 g/mol. The summed E-state index contributed by atoms with van der Waals surface area (Å²) >= 11 is 0. The molecule has 92 valence electrons. The Kier molecular flexibility index (Phi) is 3.17. The average Bonchev–Trinajstić information content (AvgIpc) is 2.36. The van der Waals surface area contributed by atoms with Gasteiger partial charge in [-0.25, -0.2) is 0 Å². The van der Waals surface area contributed by atoms with Crippen molar-refractivity contribution in [2.45, 2.75) is 24.7 Å². The van der Waals surface area contributed by atoms with E-state index in [0.717, 1.165) is 32.2 Å². The Bertz CT molecular complexity index is 352. The largest absolute Gasteiger partial charge is 0.381 e. The van der Waals surface area contributed by atoms with Gasteiger partial charge in [0, 0.05) is 31.7 Å². The van der Waals surface area contributed by atoms with Crippen LogP contribution in [-0.2, 0) is 10.2 Å². The first-order valence-electron chi connectivity index (χ1n) is 6.73. The molecule has 0 aromatic heterocycles. The van der Waals surface area contributed by atoms with Gasteiger partial charge < -0.3 is 10.1 Å². The van der Waals surface area contributed by atoms with Gasteiger partial charge in [0.1, 0.15) is 0 Å². The second-order valence-electron chi connectivity index (χ2n) is 5.51. The summed E-state index contributed by atoms with van der Waals surface area (Å²) in [6, 6.07) is 11.0. The number of hydrogen-bond acceptors (Lipinski definition) is 2. The minimum Gasteiger partial charge on any atom is -0.381 e. The minimum atomic E-state index is 0.406. The van der Waals surface area contributed by atoms with Crippen molar-refractivity contribution in [3.8, 4) is 0 Å². The highest BCUT2D eigenvalue weighted by molar-refractivity contribution is 5.29. The van der Waals surface area contributed by atoms with Crippen LogP contribution >= 0.6 is 0 Å². The fourth-order valence-corrected chi connectivity index (χ4v) is 3.19. The van der Waals surface area contributed by atoms with E-state index in [-0.39, 0.29) is 0 Å². The summed E-state index contributed by atoms with van der Waals surface area (Å²) in [6.45, 7) is 4.22. The topological polar surface area (TPSA) is 21.3 Å². The number of hydrogen-bond donors (Lipinski definition) is 1. The zero-order valence-corrected chi connectivity index (χ0v) is 10.3. The van der Waals surface area contributed by atoms with E-state index in [1.165, 1.54) is 24.8 Å². The third kappa shape index (κ3) is 2.24. The van der Waals surface area contributed by atoms with Crippen LogP contribution < -0.4 is 5.32 Å². The molecule has 2 heteroatoms. The third-order valence-corrected chi connectivity index (χ3v) is 4.33. The van der Waals surface area contributed by atoms with Crippen LogP contribution in [0.5, 0.6) is 0 Å². The van der Waals surface area contributed by atoms with Gasteiger partial charge in [0.05, 0.1) is 0 Å². The Labute approximate surface area is 103 Å². The minimum absolute atomic E-state index is 0.406. The van der Waals surface area contributed by atoms with E-state index in [1.807, 2.05) is 0 Å². The highest BCUT2D eigenvalue weighted by atomic mass is 16.5. The Hall–Kier alpha value is -0.860. The zero-order chi connectivity index (χ0) is 11.6. The summed E-state index contributed by atoms with van der Waals surface area (Å²) < 4.78 is 5.46. The second-order valence-corrected chi connectivity index (χ2v) is 5.51. The Morgan fingerprint density at radius 2 is 1.82 bits per heavy atom. The van der Waals surface area contributed by atoms with Gasteiger partial charge in [-0.3, -0.25) is 0 Å². The molecule has 1 aromatic rings. The summed E-state index contributed by atoms with van der Waals surface area (Å²) in [5.41, 5.74) is 1.92. The smallest absolute Gasteiger partial charge is 0.0468 e. The van der Waals surface area contributed by atoms with Gasteiger partial charge in [-0.15, -0.1) is 0 Å². The SMILES string of the molecule is c1ccc(C2(CC3CCOCC3)CNC2)cc1. The van der Waals surface area contributed by atoms with Crippen molar-refractivity contribution in [1.82, 2.24) is 5.32 Å². The Morgan fingerprint density at radius 1 is 1.12 bits per heavy atom. The van der Waals surface area contributed by atoms with Crippen LogP contribution in [0.4, 0.5) is 0 Å². The van der Waals surface area contributed by atoms with Crippen molar-refractivity contribution in [1.29, 1.82) is 0 Å². The van der Waals surface area contributed by atoms with Gasteiger partial charge in [-0.1, -0.05) is 30.3 Å². The highest BCUT2D eigenvalue weighted by Gasteiger charge is 2.40. The average molecular weight is 231 g/mol. The predicted molar refractivity (Wildman–Crippen MR) is 69.1 cm³/mol. The van der Waals surface area contributed by atoms with Crippen molar-refractivity contribution >= 4 is 0 Å². The lowest BCUT2D eigenvalue weighted by molar-refractivity contribution is 0.0501. The molecule has 2 saturated heterocycles. The Morgan fingerprint density at radius 3 is 2.41 bits per heavy atom. The maximum Gasteiger partial charge on any atom is 0.0468 e. The molecule has 1 N–H and O–H groups in total. The number of ether oxygens (including phenoxy) is 1. The van der Waals surface area contributed by atoms with Crippen molar-refractivity contribution < 1.29 is 4.74 Å². The van der Waals surface area contributed by atoms with Crippen molar-refractivity contribution in [2.75, 3.05) is 26.3 Å². The summed E-state index contributed by atoms with van der Waals surface area (Å²) in [5, 5.41) is 3.46. The number of rotatable bonds is 3. The predicted octanol–water partition coefficient (Wildman–Crippen LogP) is 2.34. The van der Waals surface area contributed by atoms with E-state index < -0.39 is 0 Å². The fourth-order valence-electron chi connectivity index (χ4n) is 3.19. The standard InChI is InChI=1S/C15H21NO/c1-2-4-14(5-3-1)15(11-16-12-15)10-13-6-8-17-9-7-13/h1-5,13,16H,6-12H2. The van der Waals surface area contributed by atoms with Gasteiger partial charge in [0.25, 0.3) is 0 Å². The van der Waals surface area contributed by atoms with Gasteiger partial charge >= 0.3 is 0 Å². The molecule has 2 nitrogen and oxygen atoms in total. The van der Waals surface area contributed by atoms with E-state index in [4.69, 9.17) is 4.74 Å². The van der Waals surface area contributed by atoms with Crippen molar-refractivity contribution in [3.63, 3.8) is 0 Å². The highest BCUT2D eigenvalue weighted by Crippen LogP contribution is 2.37. The number of nitrogens with one attached hydrogen (secondary N) is 1. The molecule has 0 aliphatic carbocycles. The molecule has 2 aliphatic heterocycles. The maximum atomic E-state index is 5.46. The molecule has 2 aliphatic rings. The lowest BCUT2D eigenvalue weighted by Crippen LogP contribution is -2.57. The van der Waals surface area contributed by atoms with E-state index in [0.29, 0.717) is 5.41 Å². The van der Waals surface area contributed by atoms with E-state index in [1.54, 1.807) is 0 Å². The monoisotopic (exact) mass is 231 g/mol. The fraction of sp³-hybridized carbons (Fsp3) is 0.600. The first-order chi connectivity index (χ1) is 8.39. The molecule has 0 spiro atoms.